The molecule has 4 aliphatic rings. The van der Waals surface area contributed by atoms with E-state index in [1.165, 1.54) is 27.2 Å². The third-order valence-electron chi connectivity index (χ3n) is 11.2. The van der Waals surface area contributed by atoms with Crippen LogP contribution in [0, 0.1) is 12.8 Å². The summed E-state index contributed by atoms with van der Waals surface area (Å²) in [6, 6.07) is 2.36. The number of ketones is 3. The Bertz CT molecular complexity index is 2030. The van der Waals surface area contributed by atoms with Gasteiger partial charge in [-0.3, -0.25) is 24.4 Å². The van der Waals surface area contributed by atoms with Crippen molar-refractivity contribution in [2.75, 3.05) is 48.2 Å². The molecule has 55 heavy (non-hydrogen) atoms. The Labute approximate surface area is 315 Å². The lowest BCUT2D eigenvalue weighted by Crippen LogP contribution is -2.73. The van der Waals surface area contributed by atoms with Crippen LogP contribution in [0.15, 0.2) is 22.1 Å². The van der Waals surface area contributed by atoms with E-state index in [-0.39, 0.29) is 46.6 Å². The molecule has 0 spiro atoms. The highest BCUT2D eigenvalue weighted by Crippen LogP contribution is 2.56. The van der Waals surface area contributed by atoms with Crippen LogP contribution in [0.5, 0.6) is 11.5 Å². The van der Waals surface area contributed by atoms with Gasteiger partial charge in [0.25, 0.3) is 0 Å². The van der Waals surface area contributed by atoms with Crippen LogP contribution in [0.1, 0.15) is 83.5 Å². The molecular weight excluding hydrogens is 724 g/mol. The lowest BCUT2D eigenvalue weighted by Gasteiger charge is -2.53. The molecule has 17 heteroatoms. The van der Waals surface area contributed by atoms with E-state index in [1.54, 1.807) is 6.92 Å². The molecule has 8 atom stereocenters. The molecule has 2 aromatic rings. The van der Waals surface area contributed by atoms with Crippen molar-refractivity contribution in [3.63, 3.8) is 0 Å². The van der Waals surface area contributed by atoms with Gasteiger partial charge in [-0.25, -0.2) is 4.79 Å². The average molecular weight is 769 g/mol. The highest BCUT2D eigenvalue weighted by molar-refractivity contribution is 6.54. The first kappa shape index (κ1) is 40.2. The molecular formula is C38H44N2O15. The Morgan fingerprint density at radius 3 is 2.33 bits per heavy atom. The summed E-state index contributed by atoms with van der Waals surface area (Å²) in [5.41, 5.74) is -8.81. The Hall–Kier alpha value is -4.46. The highest BCUT2D eigenvalue weighted by atomic mass is 16.6. The number of aryl methyl sites for hydroxylation is 1. The van der Waals surface area contributed by atoms with Crippen LogP contribution in [0.2, 0.25) is 0 Å². The molecule has 0 aromatic heterocycles. The van der Waals surface area contributed by atoms with Crippen molar-refractivity contribution in [2.24, 2.45) is 15.9 Å². The zero-order chi connectivity index (χ0) is 40.3. The van der Waals surface area contributed by atoms with Gasteiger partial charge in [-0.15, -0.1) is 0 Å². The molecule has 0 bridgehead atoms. The number of aliphatic hydroxyl groups is 4. The van der Waals surface area contributed by atoms with Crippen LogP contribution < -0.4 is 0 Å². The number of benzene rings is 2. The van der Waals surface area contributed by atoms with Crippen LogP contribution in [-0.4, -0.2) is 150 Å². The number of hydrogen-bond acceptors (Lipinski definition) is 17. The largest absolute Gasteiger partial charge is 0.507 e. The summed E-state index contributed by atoms with van der Waals surface area (Å²) in [6.45, 7) is 2.96. The minimum absolute atomic E-state index is 0.0196. The monoisotopic (exact) mass is 768 g/mol. The number of aliphatic hydroxyl groups excluding tert-OH is 3. The van der Waals surface area contributed by atoms with Gasteiger partial charge in [-0.05, 0) is 37.5 Å². The molecule has 17 nitrogen and oxygen atoms in total. The molecule has 0 unspecified atom stereocenters. The number of Topliss-reactive ketones (excluding diaryl/α,β-unsaturated/α-hetero) is 3. The molecule has 0 saturated carbocycles. The quantitative estimate of drug-likeness (QED) is 0.149. The fourth-order valence-corrected chi connectivity index (χ4v) is 8.52. The zero-order valence-electron chi connectivity index (χ0n) is 31.1. The number of phenolic OH excluding ortho intramolecular Hbond substituents is 2. The lowest BCUT2D eigenvalue weighted by molar-refractivity contribution is -0.206. The van der Waals surface area contributed by atoms with Crippen LogP contribution in [-0.2, 0) is 35.7 Å². The fourth-order valence-electron chi connectivity index (χ4n) is 8.52. The number of carbonyl (C=O) groups excluding carboxylic acids is 4. The maximum Gasteiger partial charge on any atom is 0.341 e. The van der Waals surface area contributed by atoms with E-state index in [4.69, 9.17) is 23.7 Å². The minimum Gasteiger partial charge on any atom is -0.507 e. The Morgan fingerprint density at radius 1 is 1.00 bits per heavy atom. The van der Waals surface area contributed by atoms with Gasteiger partial charge in [0, 0.05) is 69.6 Å². The van der Waals surface area contributed by atoms with E-state index in [2.05, 4.69) is 9.98 Å². The van der Waals surface area contributed by atoms with Gasteiger partial charge < -0.3 is 54.3 Å². The summed E-state index contributed by atoms with van der Waals surface area (Å²) in [4.78, 5) is 65.9. The van der Waals surface area contributed by atoms with E-state index in [0.717, 1.165) is 20.3 Å². The topological polar surface area (TPSA) is 261 Å². The van der Waals surface area contributed by atoms with E-state index in [0.29, 0.717) is 13.0 Å². The van der Waals surface area contributed by atoms with Gasteiger partial charge in [-0.2, -0.15) is 0 Å². The Balaban J connectivity index is 1.59. The van der Waals surface area contributed by atoms with Crippen molar-refractivity contribution in [1.29, 1.82) is 0 Å². The molecule has 2 aromatic carbocycles. The molecule has 6 rings (SSSR count). The van der Waals surface area contributed by atoms with Gasteiger partial charge in [0.1, 0.15) is 23.2 Å². The van der Waals surface area contributed by atoms with Crippen LogP contribution in [0.3, 0.4) is 0 Å². The zero-order valence-corrected chi connectivity index (χ0v) is 31.1. The van der Waals surface area contributed by atoms with E-state index >= 15 is 0 Å². The van der Waals surface area contributed by atoms with Crippen molar-refractivity contribution >= 4 is 34.7 Å². The molecule has 1 aliphatic heterocycles. The second-order valence-electron chi connectivity index (χ2n) is 14.1. The van der Waals surface area contributed by atoms with Crippen molar-refractivity contribution in [2.45, 2.75) is 75.0 Å². The number of nitrogens with zero attached hydrogens (tertiary/aromatic N) is 2. The van der Waals surface area contributed by atoms with Gasteiger partial charge in [0.05, 0.1) is 54.9 Å². The number of methoxy groups -OCH3 is 4. The van der Waals surface area contributed by atoms with Gasteiger partial charge in [0.2, 0.25) is 17.3 Å². The van der Waals surface area contributed by atoms with E-state index in [9.17, 15) is 49.8 Å². The summed E-state index contributed by atoms with van der Waals surface area (Å²) in [5, 5.41) is 68.9. The number of fused-ring (bicyclic) bond motifs is 5. The van der Waals surface area contributed by atoms with Crippen molar-refractivity contribution in [3.05, 3.63) is 56.6 Å². The van der Waals surface area contributed by atoms with Crippen LogP contribution >= 0.6 is 0 Å². The van der Waals surface area contributed by atoms with Crippen molar-refractivity contribution < 1.29 is 73.5 Å². The molecule has 6 N–H and O–H groups in total. The smallest absolute Gasteiger partial charge is 0.341 e. The summed E-state index contributed by atoms with van der Waals surface area (Å²) < 4.78 is 26.9. The standard InChI is InChI=1S/C38H44N2O15/c1-15-10-17-11-23(42)38(54-6)34(48)26-19(33(47)37(38,50)27(17)31(46)24(15)36(49)53-5)12-18-25(30(26)45)21(39-8-7-9-51-3)13-22(28(18)43)40-35-20(14-41)29(44)32(52-4)16(2)55-35/h10,12,16,20,23,29,32,35,41-42,44-46,50H,7-9,11,13-14H2,1-6H3/t16-,20+,23+,29-,32-,35-,37-,38+/m0/s1. The number of rotatable bonds is 9. The maximum absolute atomic E-state index is 14.9. The predicted octanol–water partition coefficient (Wildman–Crippen LogP) is 0.344. The SMILES string of the molecule is COCCCN=C1CC(=N[C@H]2O[C@@H](C)[C@H](OC)[C@@H](O)[C@H]2CO)C(=O)c2cc3c(c(O)c21)C(=O)[C@]1(OC)[C@H](O)Cc2cc(C)c(C(=O)OC)c(O)c2[C@]1(O)C3=O. The number of aliphatic imine (C=N–C) groups is 2. The summed E-state index contributed by atoms with van der Waals surface area (Å²) in [6.07, 6.45) is -6.21. The Morgan fingerprint density at radius 2 is 1.71 bits per heavy atom. The van der Waals surface area contributed by atoms with E-state index in [1.807, 2.05) is 0 Å². The first-order chi connectivity index (χ1) is 26.1. The number of carbonyl (C=O) groups is 4. The predicted molar refractivity (Wildman–Crippen MR) is 190 cm³/mol. The molecule has 1 fully saturated rings. The number of hydrogen-bond donors (Lipinski definition) is 6. The second kappa shape index (κ2) is 14.9. The maximum atomic E-state index is 14.9. The number of aromatic hydroxyl groups is 2. The van der Waals surface area contributed by atoms with Crippen molar-refractivity contribution in [3.8, 4) is 11.5 Å². The summed E-state index contributed by atoms with van der Waals surface area (Å²) in [5.74, 6) is -7.18. The third-order valence-corrected chi connectivity index (χ3v) is 11.2. The normalized spacial score (nSPS) is 31.6. The van der Waals surface area contributed by atoms with Crippen LogP contribution in [0.25, 0.3) is 0 Å². The third kappa shape index (κ3) is 5.75. The first-order valence-electron chi connectivity index (χ1n) is 17.6. The Kier molecular flexibility index (Phi) is 10.9. The second-order valence-corrected chi connectivity index (χ2v) is 14.1. The average Bonchev–Trinajstić information content (AvgIpc) is 3.14. The van der Waals surface area contributed by atoms with Gasteiger partial charge >= 0.3 is 5.97 Å². The first-order valence-corrected chi connectivity index (χ1v) is 17.6. The molecule has 0 radical (unpaired) electrons. The van der Waals surface area contributed by atoms with E-state index < -0.39 is 118 Å². The number of phenols is 2. The molecule has 0 amide bonds. The van der Waals surface area contributed by atoms with Crippen molar-refractivity contribution in [1.82, 2.24) is 0 Å². The minimum atomic E-state index is -3.21. The lowest BCUT2D eigenvalue weighted by atomic mass is 9.56. The van der Waals surface area contributed by atoms with Crippen LogP contribution in [0.4, 0.5) is 0 Å². The highest BCUT2D eigenvalue weighted by Gasteiger charge is 2.72. The molecule has 296 valence electrons. The molecule has 1 saturated heterocycles. The van der Waals surface area contributed by atoms with Gasteiger partial charge in [0.15, 0.2) is 17.4 Å². The summed E-state index contributed by atoms with van der Waals surface area (Å²) in [7, 11) is 4.90. The molecule has 1 heterocycles. The fraction of sp³-hybridized carbons (Fsp3) is 0.526. The molecule has 3 aliphatic carbocycles. The summed E-state index contributed by atoms with van der Waals surface area (Å²) >= 11 is 0. The van der Waals surface area contributed by atoms with Gasteiger partial charge in [-0.1, -0.05) is 6.07 Å². The number of ether oxygens (including phenoxy) is 5. The number of esters is 1.